The molecule has 0 unspecified atom stereocenters. The van der Waals surface area contributed by atoms with Crippen molar-refractivity contribution >= 4 is 0 Å². The quantitative estimate of drug-likeness (QED) is 0.845. The van der Waals surface area contributed by atoms with Gasteiger partial charge in [0.2, 0.25) is 5.82 Å². The summed E-state index contributed by atoms with van der Waals surface area (Å²) in [5, 5.41) is 6.82. The summed E-state index contributed by atoms with van der Waals surface area (Å²) in [5.74, 6) is -0.522. The van der Waals surface area contributed by atoms with Crippen molar-refractivity contribution < 1.29 is 13.2 Å². The Balaban J connectivity index is 2.11. The molecule has 0 aliphatic carbocycles. The first-order chi connectivity index (χ1) is 8.02. The van der Waals surface area contributed by atoms with E-state index in [0.29, 0.717) is 25.5 Å². The molecule has 0 saturated heterocycles. The average molecular weight is 249 g/mol. The second kappa shape index (κ2) is 4.61. The first-order valence-electron chi connectivity index (χ1n) is 5.44. The Kier molecular flexibility index (Phi) is 3.34. The number of hydrogen-bond acceptors (Lipinski definition) is 4. The molecule has 2 heterocycles. The molecular weight excluding hydrogens is 235 g/mol. The van der Waals surface area contributed by atoms with Crippen LogP contribution >= 0.6 is 0 Å². The summed E-state index contributed by atoms with van der Waals surface area (Å²) in [6.45, 7) is 2.63. The molecular formula is C9H14F3N5. The first kappa shape index (κ1) is 12.3. The summed E-state index contributed by atoms with van der Waals surface area (Å²) < 4.78 is 38.8. The molecule has 2 N–H and O–H groups in total. The van der Waals surface area contributed by atoms with Crippen molar-refractivity contribution in [1.29, 1.82) is 0 Å². The van der Waals surface area contributed by atoms with E-state index in [0.717, 1.165) is 17.5 Å². The molecule has 1 aromatic rings. The van der Waals surface area contributed by atoms with Gasteiger partial charge in [-0.1, -0.05) is 0 Å². The number of fused-ring (bicyclic) bond motifs is 1. The minimum Gasteiger partial charge on any atom is -0.330 e. The highest BCUT2D eigenvalue weighted by atomic mass is 19.4. The fourth-order valence-corrected chi connectivity index (χ4v) is 1.92. The number of halogens is 3. The maximum absolute atomic E-state index is 12.6. The van der Waals surface area contributed by atoms with Crippen LogP contribution in [-0.4, -0.2) is 39.3 Å². The molecule has 0 spiro atoms. The summed E-state index contributed by atoms with van der Waals surface area (Å²) in [6, 6.07) is 0. The predicted octanol–water partition coefficient (Wildman–Crippen LogP) is 0.461. The Labute approximate surface area is 96.4 Å². The van der Waals surface area contributed by atoms with E-state index in [2.05, 4.69) is 10.2 Å². The summed E-state index contributed by atoms with van der Waals surface area (Å²) in [6.07, 6.45) is -3.59. The van der Waals surface area contributed by atoms with Crippen LogP contribution in [-0.2, 0) is 19.3 Å². The molecule has 1 aromatic heterocycles. The summed E-state index contributed by atoms with van der Waals surface area (Å²) in [7, 11) is 0. The molecule has 0 fully saturated rings. The van der Waals surface area contributed by atoms with Gasteiger partial charge in [0.15, 0.2) is 0 Å². The van der Waals surface area contributed by atoms with Gasteiger partial charge in [0.05, 0.1) is 6.54 Å². The topological polar surface area (TPSA) is 60.0 Å². The van der Waals surface area contributed by atoms with Crippen LogP contribution in [0.15, 0.2) is 0 Å². The Morgan fingerprint density at radius 1 is 1.24 bits per heavy atom. The first-order valence-corrected chi connectivity index (χ1v) is 5.44. The van der Waals surface area contributed by atoms with Crippen molar-refractivity contribution in [2.45, 2.75) is 25.7 Å². The van der Waals surface area contributed by atoms with Gasteiger partial charge in [0.1, 0.15) is 5.82 Å². The molecule has 2 rings (SSSR count). The van der Waals surface area contributed by atoms with Crippen LogP contribution < -0.4 is 5.73 Å². The van der Waals surface area contributed by atoms with Gasteiger partial charge in [-0.2, -0.15) is 13.2 Å². The maximum atomic E-state index is 12.6. The average Bonchev–Trinajstić information content (AvgIpc) is 2.68. The number of alkyl halides is 3. The molecule has 8 heteroatoms. The normalized spacial score (nSPS) is 17.2. The fraction of sp³-hybridized carbons (Fsp3) is 0.778. The monoisotopic (exact) mass is 249 g/mol. The van der Waals surface area contributed by atoms with Gasteiger partial charge in [-0.05, 0) is 19.5 Å². The van der Waals surface area contributed by atoms with Crippen molar-refractivity contribution in [2.24, 2.45) is 5.73 Å². The van der Waals surface area contributed by atoms with E-state index < -0.39 is 12.0 Å². The number of nitrogens with zero attached hydrogens (tertiary/aromatic N) is 4. The highest BCUT2D eigenvalue weighted by Crippen LogP contribution is 2.29. The van der Waals surface area contributed by atoms with Gasteiger partial charge in [-0.25, -0.2) is 0 Å². The zero-order valence-electron chi connectivity index (χ0n) is 9.24. The molecule has 17 heavy (non-hydrogen) atoms. The van der Waals surface area contributed by atoms with Gasteiger partial charge in [0, 0.05) is 13.1 Å². The minimum atomic E-state index is -4.43. The smallest absolute Gasteiger partial charge is 0.330 e. The lowest BCUT2D eigenvalue weighted by molar-refractivity contribution is -0.148. The minimum absolute atomic E-state index is 0.280. The molecule has 5 nitrogen and oxygen atoms in total. The number of rotatable bonds is 3. The van der Waals surface area contributed by atoms with Crippen LogP contribution in [0.25, 0.3) is 0 Å². The number of nitrogens with two attached hydrogens (primary N) is 1. The summed E-state index contributed by atoms with van der Waals surface area (Å²) in [5.41, 5.74) is 5.39. The SMILES string of the molecule is NCCCN1CCn2c(nnc2C(F)(F)F)C1. The molecule has 1 aliphatic heterocycles. The molecule has 1 aliphatic rings. The van der Waals surface area contributed by atoms with Crippen LogP contribution in [0.2, 0.25) is 0 Å². The third kappa shape index (κ3) is 2.58. The number of hydrogen-bond donors (Lipinski definition) is 1. The lowest BCUT2D eigenvalue weighted by Crippen LogP contribution is -2.36. The predicted molar refractivity (Wildman–Crippen MR) is 54.0 cm³/mol. The zero-order chi connectivity index (χ0) is 12.5. The van der Waals surface area contributed by atoms with Crippen LogP contribution in [0.3, 0.4) is 0 Å². The Morgan fingerprint density at radius 2 is 2.00 bits per heavy atom. The molecule has 0 radical (unpaired) electrons. The third-order valence-electron chi connectivity index (χ3n) is 2.76. The number of aromatic nitrogens is 3. The van der Waals surface area contributed by atoms with E-state index in [-0.39, 0.29) is 6.54 Å². The molecule has 0 aromatic carbocycles. The standard InChI is InChI=1S/C9H14F3N5/c10-9(11,12)8-15-14-7-6-16(3-1-2-13)4-5-17(7)8/h1-6,13H2. The van der Waals surface area contributed by atoms with Gasteiger partial charge < -0.3 is 10.3 Å². The lowest BCUT2D eigenvalue weighted by atomic mass is 10.3. The second-order valence-corrected chi connectivity index (χ2v) is 4.01. The summed E-state index contributed by atoms with van der Waals surface area (Å²) >= 11 is 0. The van der Waals surface area contributed by atoms with E-state index >= 15 is 0 Å². The maximum Gasteiger partial charge on any atom is 0.451 e. The second-order valence-electron chi connectivity index (χ2n) is 4.01. The highest BCUT2D eigenvalue weighted by Gasteiger charge is 2.39. The lowest BCUT2D eigenvalue weighted by Gasteiger charge is -2.27. The van der Waals surface area contributed by atoms with Crippen LogP contribution in [0.1, 0.15) is 18.1 Å². The molecule has 0 bridgehead atoms. The Morgan fingerprint density at radius 3 is 2.65 bits per heavy atom. The van der Waals surface area contributed by atoms with E-state index in [1.54, 1.807) is 0 Å². The van der Waals surface area contributed by atoms with Crippen LogP contribution in [0, 0.1) is 0 Å². The Hall–Kier alpha value is -1.15. The van der Waals surface area contributed by atoms with Crippen molar-refractivity contribution in [3.05, 3.63) is 11.6 Å². The van der Waals surface area contributed by atoms with Crippen molar-refractivity contribution in [3.63, 3.8) is 0 Å². The van der Waals surface area contributed by atoms with Gasteiger partial charge >= 0.3 is 6.18 Å². The van der Waals surface area contributed by atoms with Crippen molar-refractivity contribution in [3.8, 4) is 0 Å². The van der Waals surface area contributed by atoms with Crippen LogP contribution in [0.5, 0.6) is 0 Å². The molecule has 0 saturated carbocycles. The molecule has 0 amide bonds. The zero-order valence-corrected chi connectivity index (χ0v) is 9.24. The Bertz CT molecular complexity index is 386. The molecule has 96 valence electrons. The highest BCUT2D eigenvalue weighted by molar-refractivity contribution is 5.02. The fourth-order valence-electron chi connectivity index (χ4n) is 1.92. The van der Waals surface area contributed by atoms with Crippen molar-refractivity contribution in [1.82, 2.24) is 19.7 Å². The van der Waals surface area contributed by atoms with Gasteiger partial charge in [0.25, 0.3) is 0 Å². The third-order valence-corrected chi connectivity index (χ3v) is 2.76. The van der Waals surface area contributed by atoms with Crippen molar-refractivity contribution in [2.75, 3.05) is 19.6 Å². The largest absolute Gasteiger partial charge is 0.451 e. The van der Waals surface area contributed by atoms with Crippen LogP contribution in [0.4, 0.5) is 13.2 Å². The van der Waals surface area contributed by atoms with Gasteiger partial charge in [-0.3, -0.25) is 4.90 Å². The van der Waals surface area contributed by atoms with E-state index in [1.807, 2.05) is 4.90 Å². The van der Waals surface area contributed by atoms with E-state index in [9.17, 15) is 13.2 Å². The summed E-state index contributed by atoms with van der Waals surface area (Å²) in [4.78, 5) is 2.04. The van der Waals surface area contributed by atoms with Gasteiger partial charge in [-0.15, -0.1) is 10.2 Å². The molecule has 0 atom stereocenters. The van der Waals surface area contributed by atoms with E-state index in [1.165, 1.54) is 0 Å². The van der Waals surface area contributed by atoms with E-state index in [4.69, 9.17) is 5.73 Å².